The van der Waals surface area contributed by atoms with Crippen molar-refractivity contribution in [2.75, 3.05) is 19.7 Å². The van der Waals surface area contributed by atoms with Gasteiger partial charge in [-0.25, -0.2) is 0 Å². The van der Waals surface area contributed by atoms with Gasteiger partial charge in [-0.3, -0.25) is 4.79 Å². The molecule has 2 aliphatic rings. The molecule has 0 aliphatic heterocycles. The van der Waals surface area contributed by atoms with Crippen molar-refractivity contribution in [2.24, 2.45) is 17.6 Å². The Morgan fingerprint density at radius 2 is 1.86 bits per heavy atom. The van der Waals surface area contributed by atoms with Crippen LogP contribution in [0.3, 0.4) is 0 Å². The lowest BCUT2D eigenvalue weighted by Crippen LogP contribution is -2.46. The Hall–Kier alpha value is -0.610. The van der Waals surface area contributed by atoms with Gasteiger partial charge in [-0.2, -0.15) is 0 Å². The van der Waals surface area contributed by atoms with E-state index in [1.165, 1.54) is 25.7 Å². The van der Waals surface area contributed by atoms with Gasteiger partial charge in [-0.15, -0.1) is 0 Å². The standard InChI is InChI=1S/C17H32N2O2/c18-10-9-14-5-4-6-15(13-14)17(21)19(11-12-20)16-7-2-1-3-8-16/h14-16,20H,1-13,18H2. The normalized spacial score (nSPS) is 27.5. The molecule has 2 fully saturated rings. The molecule has 0 aromatic rings. The highest BCUT2D eigenvalue weighted by Crippen LogP contribution is 2.33. The van der Waals surface area contributed by atoms with E-state index in [4.69, 9.17) is 5.73 Å². The van der Waals surface area contributed by atoms with Crippen molar-refractivity contribution in [3.8, 4) is 0 Å². The van der Waals surface area contributed by atoms with Crippen LogP contribution in [0.1, 0.15) is 64.2 Å². The molecule has 2 atom stereocenters. The van der Waals surface area contributed by atoms with Crippen LogP contribution >= 0.6 is 0 Å². The van der Waals surface area contributed by atoms with Crippen molar-refractivity contribution in [3.05, 3.63) is 0 Å². The molecule has 4 heteroatoms. The topological polar surface area (TPSA) is 66.6 Å². The van der Waals surface area contributed by atoms with Crippen LogP contribution in [0.5, 0.6) is 0 Å². The third kappa shape index (κ3) is 4.68. The highest BCUT2D eigenvalue weighted by Gasteiger charge is 2.33. The van der Waals surface area contributed by atoms with E-state index in [-0.39, 0.29) is 12.5 Å². The number of hydrogen-bond acceptors (Lipinski definition) is 3. The van der Waals surface area contributed by atoms with Gasteiger partial charge in [-0.1, -0.05) is 32.1 Å². The van der Waals surface area contributed by atoms with Crippen molar-refractivity contribution in [1.29, 1.82) is 0 Å². The van der Waals surface area contributed by atoms with E-state index in [1.54, 1.807) is 0 Å². The fourth-order valence-electron chi connectivity index (χ4n) is 4.22. The zero-order valence-corrected chi connectivity index (χ0v) is 13.3. The molecule has 0 aromatic carbocycles. The van der Waals surface area contributed by atoms with Gasteiger partial charge in [0.25, 0.3) is 0 Å². The van der Waals surface area contributed by atoms with E-state index >= 15 is 0 Å². The average Bonchev–Trinajstić information content (AvgIpc) is 2.53. The lowest BCUT2D eigenvalue weighted by Gasteiger charge is -2.38. The maximum absolute atomic E-state index is 12.9. The summed E-state index contributed by atoms with van der Waals surface area (Å²) < 4.78 is 0. The molecule has 0 aromatic heterocycles. The lowest BCUT2D eigenvalue weighted by molar-refractivity contribution is -0.140. The molecule has 122 valence electrons. The second kappa shape index (κ2) is 8.74. The smallest absolute Gasteiger partial charge is 0.226 e. The molecule has 0 heterocycles. The number of amides is 1. The van der Waals surface area contributed by atoms with Gasteiger partial charge in [0.2, 0.25) is 5.91 Å². The monoisotopic (exact) mass is 296 g/mol. The molecule has 21 heavy (non-hydrogen) atoms. The van der Waals surface area contributed by atoms with Gasteiger partial charge in [0.15, 0.2) is 0 Å². The summed E-state index contributed by atoms with van der Waals surface area (Å²) in [4.78, 5) is 14.9. The van der Waals surface area contributed by atoms with Crippen LogP contribution in [0.25, 0.3) is 0 Å². The van der Waals surface area contributed by atoms with Crippen molar-refractivity contribution in [3.63, 3.8) is 0 Å². The zero-order chi connectivity index (χ0) is 15.1. The summed E-state index contributed by atoms with van der Waals surface area (Å²) in [7, 11) is 0. The largest absolute Gasteiger partial charge is 0.395 e. The van der Waals surface area contributed by atoms with E-state index in [9.17, 15) is 9.90 Å². The number of carbonyl (C=O) groups excluding carboxylic acids is 1. The van der Waals surface area contributed by atoms with E-state index < -0.39 is 0 Å². The summed E-state index contributed by atoms with van der Waals surface area (Å²) in [5.74, 6) is 1.10. The third-order valence-electron chi connectivity index (χ3n) is 5.35. The molecule has 2 saturated carbocycles. The maximum Gasteiger partial charge on any atom is 0.226 e. The number of hydrogen-bond donors (Lipinski definition) is 2. The first-order valence-corrected chi connectivity index (χ1v) is 8.87. The van der Waals surface area contributed by atoms with Crippen LogP contribution < -0.4 is 5.73 Å². The Bertz CT molecular complexity index is 314. The molecular formula is C17H32N2O2. The minimum Gasteiger partial charge on any atom is -0.395 e. The molecule has 4 nitrogen and oxygen atoms in total. The zero-order valence-electron chi connectivity index (χ0n) is 13.3. The Morgan fingerprint density at radius 3 is 2.52 bits per heavy atom. The summed E-state index contributed by atoms with van der Waals surface area (Å²) in [6.07, 6.45) is 11.4. The van der Waals surface area contributed by atoms with Crippen molar-refractivity contribution < 1.29 is 9.90 Å². The second-order valence-electron chi connectivity index (χ2n) is 6.85. The fourth-order valence-corrected chi connectivity index (χ4v) is 4.22. The van der Waals surface area contributed by atoms with E-state index in [2.05, 4.69) is 0 Å². The van der Waals surface area contributed by atoms with E-state index in [0.717, 1.165) is 45.1 Å². The molecular weight excluding hydrogens is 264 g/mol. The highest BCUT2D eigenvalue weighted by molar-refractivity contribution is 5.79. The summed E-state index contributed by atoms with van der Waals surface area (Å²) in [6.45, 7) is 1.33. The average molecular weight is 296 g/mol. The third-order valence-corrected chi connectivity index (χ3v) is 5.35. The molecule has 0 radical (unpaired) electrons. The Balaban J connectivity index is 1.96. The molecule has 0 saturated heterocycles. The number of aliphatic hydroxyl groups is 1. The minimum absolute atomic E-state index is 0.0845. The first kappa shape index (κ1) is 16.8. The van der Waals surface area contributed by atoms with Gasteiger partial charge in [0.1, 0.15) is 0 Å². The van der Waals surface area contributed by atoms with Gasteiger partial charge in [-0.05, 0) is 44.6 Å². The number of carbonyl (C=O) groups is 1. The van der Waals surface area contributed by atoms with Crippen molar-refractivity contribution in [1.82, 2.24) is 4.90 Å². The van der Waals surface area contributed by atoms with Gasteiger partial charge in [0.05, 0.1) is 6.61 Å². The van der Waals surface area contributed by atoms with Crippen LogP contribution in [-0.4, -0.2) is 41.7 Å². The second-order valence-corrected chi connectivity index (χ2v) is 6.85. The van der Waals surface area contributed by atoms with Crippen LogP contribution in [0.15, 0.2) is 0 Å². The number of nitrogens with zero attached hydrogens (tertiary/aromatic N) is 1. The molecule has 2 rings (SSSR count). The molecule has 0 bridgehead atoms. The summed E-state index contributed by atoms with van der Waals surface area (Å²) >= 11 is 0. The molecule has 3 N–H and O–H groups in total. The van der Waals surface area contributed by atoms with Crippen molar-refractivity contribution in [2.45, 2.75) is 70.3 Å². The first-order valence-electron chi connectivity index (χ1n) is 8.87. The SMILES string of the molecule is NCCC1CCCC(C(=O)N(CCO)C2CCCCC2)C1. The van der Waals surface area contributed by atoms with Crippen LogP contribution in [-0.2, 0) is 4.79 Å². The molecule has 1 amide bonds. The summed E-state index contributed by atoms with van der Waals surface area (Å²) in [6, 6.07) is 0.369. The van der Waals surface area contributed by atoms with Crippen LogP contribution in [0.2, 0.25) is 0 Å². The van der Waals surface area contributed by atoms with Gasteiger partial charge < -0.3 is 15.7 Å². The number of nitrogens with two attached hydrogens (primary N) is 1. The fraction of sp³-hybridized carbons (Fsp3) is 0.941. The Morgan fingerprint density at radius 1 is 1.10 bits per heavy atom. The summed E-state index contributed by atoms with van der Waals surface area (Å²) in [5, 5.41) is 9.34. The summed E-state index contributed by atoms with van der Waals surface area (Å²) in [5.41, 5.74) is 5.68. The quantitative estimate of drug-likeness (QED) is 0.790. The Kier molecular flexibility index (Phi) is 6.97. The van der Waals surface area contributed by atoms with Gasteiger partial charge in [0, 0.05) is 18.5 Å². The number of aliphatic hydroxyl groups excluding tert-OH is 1. The molecule has 2 aliphatic carbocycles. The van der Waals surface area contributed by atoms with E-state index in [0.29, 0.717) is 24.4 Å². The minimum atomic E-state index is 0.0845. The maximum atomic E-state index is 12.9. The Labute approximate surface area is 129 Å². The van der Waals surface area contributed by atoms with Crippen LogP contribution in [0.4, 0.5) is 0 Å². The molecule has 0 spiro atoms. The lowest BCUT2D eigenvalue weighted by atomic mass is 9.79. The predicted octanol–water partition coefficient (Wildman–Crippen LogP) is 2.30. The predicted molar refractivity (Wildman–Crippen MR) is 84.8 cm³/mol. The molecule has 2 unspecified atom stereocenters. The van der Waals surface area contributed by atoms with Crippen molar-refractivity contribution >= 4 is 5.91 Å². The number of rotatable bonds is 6. The van der Waals surface area contributed by atoms with Crippen LogP contribution in [0, 0.1) is 11.8 Å². The van der Waals surface area contributed by atoms with E-state index in [1.807, 2.05) is 4.90 Å². The first-order chi connectivity index (χ1) is 10.3. The van der Waals surface area contributed by atoms with Gasteiger partial charge >= 0.3 is 0 Å². The highest BCUT2D eigenvalue weighted by atomic mass is 16.3.